The fourth-order valence-corrected chi connectivity index (χ4v) is 3.43. The maximum absolute atomic E-state index is 6.15. The van der Waals surface area contributed by atoms with Gasteiger partial charge in [-0.15, -0.1) is 0 Å². The zero-order chi connectivity index (χ0) is 17.7. The van der Waals surface area contributed by atoms with Gasteiger partial charge in [-0.2, -0.15) is 0 Å². The number of piperazine rings is 1. The Bertz CT molecular complexity index is 521. The van der Waals surface area contributed by atoms with Crippen LogP contribution in [0.15, 0.2) is 18.2 Å². The Kier molecular flexibility index (Phi) is 6.90. The fourth-order valence-electron chi connectivity index (χ4n) is 3.43. The summed E-state index contributed by atoms with van der Waals surface area (Å²) in [5.41, 5.74) is 7.35. The van der Waals surface area contributed by atoms with E-state index in [0.717, 1.165) is 31.1 Å². The quantitative estimate of drug-likeness (QED) is 0.830. The van der Waals surface area contributed by atoms with Crippen molar-refractivity contribution in [2.45, 2.75) is 45.9 Å². The second kappa shape index (κ2) is 8.70. The van der Waals surface area contributed by atoms with Gasteiger partial charge in [0.15, 0.2) is 11.5 Å². The van der Waals surface area contributed by atoms with Crippen molar-refractivity contribution in [2.75, 3.05) is 39.8 Å². The molecule has 2 unspecified atom stereocenters. The van der Waals surface area contributed by atoms with Crippen LogP contribution in [0.25, 0.3) is 0 Å². The van der Waals surface area contributed by atoms with Gasteiger partial charge in [0, 0.05) is 38.3 Å². The lowest BCUT2D eigenvalue weighted by atomic mass is 10.0. The molecular weight excluding hydrogens is 302 g/mol. The smallest absolute Gasteiger partial charge is 0.161 e. The first kappa shape index (κ1) is 19.0. The molecule has 1 heterocycles. The Morgan fingerprint density at radius 1 is 1.25 bits per heavy atom. The van der Waals surface area contributed by atoms with E-state index in [1.807, 2.05) is 26.8 Å². The predicted molar refractivity (Wildman–Crippen MR) is 98.8 cm³/mol. The molecule has 0 aliphatic carbocycles. The van der Waals surface area contributed by atoms with Gasteiger partial charge in [0.1, 0.15) is 0 Å². The number of hydrogen-bond donors (Lipinski definition) is 1. The number of nitrogens with zero attached hydrogens (tertiary/aromatic N) is 2. The zero-order valence-electron chi connectivity index (χ0n) is 15.8. The second-order valence-corrected chi connectivity index (χ2v) is 6.91. The molecular formula is C19H33N3O2. The van der Waals surface area contributed by atoms with E-state index in [1.165, 1.54) is 5.56 Å². The molecule has 1 aliphatic rings. The third-order valence-corrected chi connectivity index (χ3v) is 4.52. The first-order valence-electron chi connectivity index (χ1n) is 9.04. The fraction of sp³-hybridized carbons (Fsp3) is 0.684. The van der Waals surface area contributed by atoms with E-state index in [4.69, 9.17) is 15.2 Å². The molecule has 24 heavy (non-hydrogen) atoms. The normalized spacial score (nSPS) is 21.0. The van der Waals surface area contributed by atoms with Crippen molar-refractivity contribution in [2.24, 2.45) is 5.73 Å². The Labute approximate surface area is 146 Å². The minimum Gasteiger partial charge on any atom is -0.490 e. The van der Waals surface area contributed by atoms with E-state index in [-0.39, 0.29) is 12.1 Å². The Morgan fingerprint density at radius 3 is 2.58 bits per heavy atom. The van der Waals surface area contributed by atoms with Crippen LogP contribution >= 0.6 is 0 Å². The molecule has 0 bridgehead atoms. The minimum atomic E-state index is 0.123. The molecule has 2 atom stereocenters. The van der Waals surface area contributed by atoms with Crippen LogP contribution < -0.4 is 15.2 Å². The maximum Gasteiger partial charge on any atom is 0.161 e. The molecule has 5 heteroatoms. The highest BCUT2D eigenvalue weighted by molar-refractivity contribution is 5.44. The van der Waals surface area contributed by atoms with Crippen LogP contribution in [-0.2, 0) is 0 Å². The summed E-state index contributed by atoms with van der Waals surface area (Å²) in [5.74, 6) is 1.61. The van der Waals surface area contributed by atoms with Crippen molar-refractivity contribution in [1.29, 1.82) is 0 Å². The summed E-state index contributed by atoms with van der Waals surface area (Å²) in [6, 6.07) is 6.94. The summed E-state index contributed by atoms with van der Waals surface area (Å²) in [6.07, 6.45) is 0.123. The molecule has 1 saturated heterocycles. The highest BCUT2D eigenvalue weighted by atomic mass is 16.5. The lowest BCUT2D eigenvalue weighted by Gasteiger charge is -2.42. The summed E-state index contributed by atoms with van der Waals surface area (Å²) in [5, 5.41) is 0. The molecule has 1 aliphatic heterocycles. The third kappa shape index (κ3) is 4.62. The largest absolute Gasteiger partial charge is 0.490 e. The highest BCUT2D eigenvalue weighted by Gasteiger charge is 2.28. The van der Waals surface area contributed by atoms with Gasteiger partial charge in [0.2, 0.25) is 0 Å². The topological polar surface area (TPSA) is 51.0 Å². The summed E-state index contributed by atoms with van der Waals surface area (Å²) in [6.45, 7) is 12.7. The average Bonchev–Trinajstić information content (AvgIpc) is 2.52. The monoisotopic (exact) mass is 335 g/mol. The minimum absolute atomic E-state index is 0.123. The number of nitrogens with two attached hydrogens (primary N) is 1. The van der Waals surface area contributed by atoms with Gasteiger partial charge < -0.3 is 20.1 Å². The lowest BCUT2D eigenvalue weighted by molar-refractivity contribution is 0.0634. The van der Waals surface area contributed by atoms with Gasteiger partial charge in [-0.1, -0.05) is 6.07 Å². The van der Waals surface area contributed by atoms with Crippen LogP contribution in [0.1, 0.15) is 39.3 Å². The van der Waals surface area contributed by atoms with Crippen molar-refractivity contribution in [3.05, 3.63) is 23.8 Å². The maximum atomic E-state index is 6.15. The second-order valence-electron chi connectivity index (χ2n) is 6.91. The molecule has 2 N–H and O–H groups in total. The van der Waals surface area contributed by atoms with Crippen LogP contribution in [-0.4, -0.2) is 61.8 Å². The van der Waals surface area contributed by atoms with E-state index in [0.29, 0.717) is 19.2 Å². The van der Waals surface area contributed by atoms with Gasteiger partial charge in [0.25, 0.3) is 0 Å². The molecule has 136 valence electrons. The number of likely N-dealkylation sites (N-methyl/N-ethyl adjacent to an activating group) is 1. The molecule has 1 aromatic rings. The zero-order valence-corrected chi connectivity index (χ0v) is 15.8. The van der Waals surface area contributed by atoms with E-state index >= 15 is 0 Å². The molecule has 1 fully saturated rings. The molecule has 0 aromatic heterocycles. The summed E-state index contributed by atoms with van der Waals surface area (Å²) in [7, 11) is 2.18. The van der Waals surface area contributed by atoms with E-state index in [1.54, 1.807) is 0 Å². The van der Waals surface area contributed by atoms with Crippen molar-refractivity contribution in [3.63, 3.8) is 0 Å². The molecule has 0 saturated carbocycles. The number of ether oxygens (including phenoxy) is 2. The van der Waals surface area contributed by atoms with Crippen LogP contribution in [0.4, 0.5) is 0 Å². The summed E-state index contributed by atoms with van der Waals surface area (Å²) >= 11 is 0. The average molecular weight is 335 g/mol. The van der Waals surface area contributed by atoms with Crippen molar-refractivity contribution >= 4 is 0 Å². The molecule has 2 rings (SSSR count). The van der Waals surface area contributed by atoms with Crippen LogP contribution in [0, 0.1) is 0 Å². The molecule has 1 aromatic carbocycles. The number of rotatable bonds is 7. The van der Waals surface area contributed by atoms with Crippen molar-refractivity contribution < 1.29 is 9.47 Å². The van der Waals surface area contributed by atoms with Gasteiger partial charge >= 0.3 is 0 Å². The SMILES string of the molecule is CCOc1cc(C(CN)N2CCN(C)CC2C)ccc1OC(C)C. The van der Waals surface area contributed by atoms with Gasteiger partial charge in [-0.05, 0) is 52.4 Å². The third-order valence-electron chi connectivity index (χ3n) is 4.52. The molecule has 0 radical (unpaired) electrons. The standard InChI is InChI=1S/C19H33N3O2/c1-6-23-19-11-16(7-8-18(19)24-14(2)3)17(12-20)22-10-9-21(5)13-15(22)4/h7-8,11,14-15,17H,6,9-10,12-13,20H2,1-5H3. The predicted octanol–water partition coefficient (Wildman–Crippen LogP) is 2.51. The van der Waals surface area contributed by atoms with E-state index < -0.39 is 0 Å². The Hall–Kier alpha value is -1.30. The van der Waals surface area contributed by atoms with Gasteiger partial charge in [-0.3, -0.25) is 4.90 Å². The number of benzene rings is 1. The Balaban J connectivity index is 2.26. The van der Waals surface area contributed by atoms with Crippen molar-refractivity contribution in [1.82, 2.24) is 9.80 Å². The van der Waals surface area contributed by atoms with Crippen LogP contribution in [0.3, 0.4) is 0 Å². The van der Waals surface area contributed by atoms with Gasteiger partial charge in [-0.25, -0.2) is 0 Å². The molecule has 5 nitrogen and oxygen atoms in total. The lowest BCUT2D eigenvalue weighted by Crippen LogP contribution is -2.52. The number of hydrogen-bond acceptors (Lipinski definition) is 5. The first-order chi connectivity index (χ1) is 11.5. The van der Waals surface area contributed by atoms with Crippen LogP contribution in [0.5, 0.6) is 11.5 Å². The van der Waals surface area contributed by atoms with E-state index in [9.17, 15) is 0 Å². The van der Waals surface area contributed by atoms with Crippen LogP contribution in [0.2, 0.25) is 0 Å². The van der Waals surface area contributed by atoms with Crippen molar-refractivity contribution in [3.8, 4) is 11.5 Å². The Morgan fingerprint density at radius 2 is 2.00 bits per heavy atom. The van der Waals surface area contributed by atoms with Gasteiger partial charge in [0.05, 0.1) is 12.7 Å². The summed E-state index contributed by atoms with van der Waals surface area (Å²) in [4.78, 5) is 4.88. The highest BCUT2D eigenvalue weighted by Crippen LogP contribution is 2.34. The molecule has 0 spiro atoms. The van der Waals surface area contributed by atoms with E-state index in [2.05, 4.69) is 35.9 Å². The first-order valence-corrected chi connectivity index (χ1v) is 9.04. The molecule has 0 amide bonds. The summed E-state index contributed by atoms with van der Waals surface area (Å²) < 4.78 is 11.7.